The molecule has 116 valence electrons. The van der Waals surface area contributed by atoms with Crippen LogP contribution in [0.5, 0.6) is 5.75 Å². The van der Waals surface area contributed by atoms with Crippen LogP contribution in [0.2, 0.25) is 0 Å². The molecule has 1 atom stereocenters. The summed E-state index contributed by atoms with van der Waals surface area (Å²) in [6, 6.07) is 7.75. The van der Waals surface area contributed by atoms with E-state index in [0.29, 0.717) is 18.7 Å². The minimum atomic E-state index is -0.0777. The number of hydrogen-bond acceptors (Lipinski definition) is 3. The molecule has 0 fully saturated rings. The molecule has 1 aromatic rings. The molecule has 1 heterocycles. The van der Waals surface area contributed by atoms with Crippen molar-refractivity contribution in [3.8, 4) is 5.75 Å². The fourth-order valence-corrected chi connectivity index (χ4v) is 2.22. The molecule has 0 bridgehead atoms. The average molecular weight is 311 g/mol. The number of amides is 1. The summed E-state index contributed by atoms with van der Waals surface area (Å²) < 4.78 is 5.59. The van der Waals surface area contributed by atoms with E-state index in [4.69, 9.17) is 10.5 Å². The summed E-state index contributed by atoms with van der Waals surface area (Å²) in [5, 5.41) is 2.99. The third-order valence-corrected chi connectivity index (χ3v) is 3.45. The molecule has 2 rings (SSSR count). The fraction of sp³-hybridized carbons (Fsp3) is 0.438. The lowest BCUT2D eigenvalue weighted by molar-refractivity contribution is -0.118. The molecule has 5 heteroatoms. The lowest BCUT2D eigenvalue weighted by Crippen LogP contribution is -2.41. The SMILES string of the molecule is CCCCC(CN)NC(=O)C1=Cc2ccccc2OC1.Cl. The van der Waals surface area contributed by atoms with Crippen molar-refractivity contribution < 1.29 is 9.53 Å². The van der Waals surface area contributed by atoms with Crippen molar-refractivity contribution in [3.63, 3.8) is 0 Å². The van der Waals surface area contributed by atoms with Crippen LogP contribution in [0.4, 0.5) is 0 Å². The molecule has 1 unspecified atom stereocenters. The summed E-state index contributed by atoms with van der Waals surface area (Å²) in [4.78, 5) is 12.2. The summed E-state index contributed by atoms with van der Waals surface area (Å²) in [6.45, 7) is 2.91. The molecule has 0 aromatic heterocycles. The quantitative estimate of drug-likeness (QED) is 0.848. The largest absolute Gasteiger partial charge is 0.488 e. The minimum Gasteiger partial charge on any atom is -0.488 e. The Labute approximate surface area is 132 Å². The molecule has 1 amide bonds. The van der Waals surface area contributed by atoms with E-state index in [1.165, 1.54) is 0 Å². The van der Waals surface area contributed by atoms with E-state index in [2.05, 4.69) is 12.2 Å². The van der Waals surface area contributed by atoms with E-state index < -0.39 is 0 Å². The maximum Gasteiger partial charge on any atom is 0.250 e. The Morgan fingerprint density at radius 3 is 2.90 bits per heavy atom. The molecule has 0 radical (unpaired) electrons. The molecule has 4 nitrogen and oxygen atoms in total. The molecule has 1 aromatic carbocycles. The topological polar surface area (TPSA) is 64.3 Å². The Hall–Kier alpha value is -1.52. The number of hydrogen-bond donors (Lipinski definition) is 2. The highest BCUT2D eigenvalue weighted by Gasteiger charge is 2.19. The minimum absolute atomic E-state index is 0. The molecule has 21 heavy (non-hydrogen) atoms. The second kappa shape index (κ2) is 8.70. The molecule has 0 spiro atoms. The number of unbranched alkanes of at least 4 members (excludes halogenated alkanes) is 1. The number of halogens is 1. The van der Waals surface area contributed by atoms with Crippen molar-refractivity contribution in [1.29, 1.82) is 0 Å². The normalized spacial score (nSPS) is 14.1. The second-order valence-electron chi connectivity index (χ2n) is 5.04. The zero-order chi connectivity index (χ0) is 14.4. The van der Waals surface area contributed by atoms with E-state index in [9.17, 15) is 4.79 Å². The summed E-state index contributed by atoms with van der Waals surface area (Å²) in [5.41, 5.74) is 7.30. The predicted molar refractivity (Wildman–Crippen MR) is 87.7 cm³/mol. The van der Waals surface area contributed by atoms with Gasteiger partial charge in [0.15, 0.2) is 0 Å². The Morgan fingerprint density at radius 2 is 2.19 bits per heavy atom. The first-order valence-electron chi connectivity index (χ1n) is 7.18. The van der Waals surface area contributed by atoms with Crippen LogP contribution < -0.4 is 15.8 Å². The molecular formula is C16H23ClN2O2. The van der Waals surface area contributed by atoms with Crippen LogP contribution in [0, 0.1) is 0 Å². The van der Waals surface area contributed by atoms with Gasteiger partial charge in [0.25, 0.3) is 5.91 Å². The molecule has 1 aliphatic rings. The highest BCUT2D eigenvalue weighted by molar-refractivity contribution is 5.99. The van der Waals surface area contributed by atoms with Crippen LogP contribution in [0.25, 0.3) is 6.08 Å². The Bertz CT molecular complexity index is 503. The van der Waals surface area contributed by atoms with Gasteiger partial charge in [-0.3, -0.25) is 4.79 Å². The lowest BCUT2D eigenvalue weighted by Gasteiger charge is -2.21. The average Bonchev–Trinajstić information content (AvgIpc) is 2.50. The summed E-state index contributed by atoms with van der Waals surface area (Å²) in [7, 11) is 0. The van der Waals surface area contributed by atoms with Crippen molar-refractivity contribution in [3.05, 3.63) is 35.4 Å². The van der Waals surface area contributed by atoms with Gasteiger partial charge in [-0.2, -0.15) is 0 Å². The number of benzene rings is 1. The second-order valence-corrected chi connectivity index (χ2v) is 5.04. The summed E-state index contributed by atoms with van der Waals surface area (Å²) >= 11 is 0. The maximum atomic E-state index is 12.2. The molecule has 1 aliphatic heterocycles. The van der Waals surface area contributed by atoms with Gasteiger partial charge in [-0.25, -0.2) is 0 Å². The van der Waals surface area contributed by atoms with Gasteiger partial charge in [0, 0.05) is 18.2 Å². The standard InChI is InChI=1S/C16H22N2O2.ClH/c1-2-3-7-14(10-17)18-16(19)13-9-12-6-4-5-8-15(12)20-11-13;/h4-6,8-9,14H,2-3,7,10-11,17H2,1H3,(H,18,19);1H. The van der Waals surface area contributed by atoms with Crippen LogP contribution in [0.15, 0.2) is 29.8 Å². The third kappa shape index (κ3) is 4.76. The van der Waals surface area contributed by atoms with Gasteiger partial charge < -0.3 is 15.8 Å². The monoisotopic (exact) mass is 310 g/mol. The predicted octanol–water partition coefficient (Wildman–Crippen LogP) is 2.52. The molecule has 0 saturated carbocycles. The smallest absolute Gasteiger partial charge is 0.250 e. The number of ether oxygens (including phenoxy) is 1. The van der Waals surface area contributed by atoms with Gasteiger partial charge in [-0.15, -0.1) is 12.4 Å². The fourth-order valence-electron chi connectivity index (χ4n) is 2.22. The van der Waals surface area contributed by atoms with E-state index in [1.54, 1.807) is 0 Å². The first kappa shape index (κ1) is 17.5. The van der Waals surface area contributed by atoms with Crippen molar-refractivity contribution in [2.45, 2.75) is 32.2 Å². The third-order valence-electron chi connectivity index (χ3n) is 3.45. The highest BCUT2D eigenvalue weighted by Crippen LogP contribution is 2.25. The number of rotatable bonds is 6. The zero-order valence-corrected chi connectivity index (χ0v) is 13.1. The van der Waals surface area contributed by atoms with Gasteiger partial charge in [-0.05, 0) is 18.6 Å². The first-order chi connectivity index (χ1) is 9.74. The van der Waals surface area contributed by atoms with Gasteiger partial charge in [0.1, 0.15) is 12.4 Å². The van der Waals surface area contributed by atoms with Gasteiger partial charge in [-0.1, -0.05) is 38.0 Å². The van der Waals surface area contributed by atoms with Crippen molar-refractivity contribution in [2.24, 2.45) is 5.73 Å². The molecule has 3 N–H and O–H groups in total. The van der Waals surface area contributed by atoms with Crippen LogP contribution in [-0.2, 0) is 4.79 Å². The van der Waals surface area contributed by atoms with Crippen LogP contribution in [0.1, 0.15) is 31.7 Å². The van der Waals surface area contributed by atoms with E-state index >= 15 is 0 Å². The van der Waals surface area contributed by atoms with Crippen LogP contribution in [0.3, 0.4) is 0 Å². The van der Waals surface area contributed by atoms with Gasteiger partial charge in [0.05, 0.1) is 5.57 Å². The molecule has 0 saturated heterocycles. The Morgan fingerprint density at radius 1 is 1.43 bits per heavy atom. The number of carbonyl (C=O) groups is 1. The Balaban J connectivity index is 0.00000220. The highest BCUT2D eigenvalue weighted by atomic mass is 35.5. The van der Waals surface area contributed by atoms with Gasteiger partial charge >= 0.3 is 0 Å². The Kier molecular flexibility index (Phi) is 7.26. The van der Waals surface area contributed by atoms with Crippen molar-refractivity contribution in [1.82, 2.24) is 5.32 Å². The molecular weight excluding hydrogens is 288 g/mol. The van der Waals surface area contributed by atoms with Crippen LogP contribution >= 0.6 is 12.4 Å². The van der Waals surface area contributed by atoms with Crippen molar-refractivity contribution in [2.75, 3.05) is 13.2 Å². The zero-order valence-electron chi connectivity index (χ0n) is 12.3. The van der Waals surface area contributed by atoms with Crippen LogP contribution in [-0.4, -0.2) is 25.1 Å². The van der Waals surface area contributed by atoms with Gasteiger partial charge in [0.2, 0.25) is 0 Å². The summed E-state index contributed by atoms with van der Waals surface area (Å²) in [5.74, 6) is 0.747. The van der Waals surface area contributed by atoms with E-state index in [1.807, 2.05) is 30.3 Å². The van der Waals surface area contributed by atoms with E-state index in [-0.39, 0.29) is 24.4 Å². The summed E-state index contributed by atoms with van der Waals surface area (Å²) in [6.07, 6.45) is 4.98. The van der Waals surface area contributed by atoms with Crippen molar-refractivity contribution >= 4 is 24.4 Å². The number of fused-ring (bicyclic) bond motifs is 1. The first-order valence-corrected chi connectivity index (χ1v) is 7.18. The number of nitrogens with one attached hydrogen (secondary N) is 1. The van der Waals surface area contributed by atoms with E-state index in [0.717, 1.165) is 30.6 Å². The lowest BCUT2D eigenvalue weighted by atomic mass is 10.1. The molecule has 0 aliphatic carbocycles. The number of nitrogens with two attached hydrogens (primary N) is 1. The number of para-hydroxylation sites is 1. The maximum absolute atomic E-state index is 12.2. The number of carbonyl (C=O) groups excluding carboxylic acids is 1.